The standard InChI is InChI=1S/C22H23BrN2O2S/c1-5-15(3)25-21(26)20(13-16-8-11-19(27-4)18(23)12-16)28-22(25)24-17-9-6-14(2)7-10-17/h6-13,15H,5H2,1-4H3/b20-13+,24-22?/t15-/m0/s1. The highest BCUT2D eigenvalue weighted by Gasteiger charge is 2.36. The third-order valence-electron chi connectivity index (χ3n) is 4.60. The summed E-state index contributed by atoms with van der Waals surface area (Å²) in [4.78, 5) is 20.3. The fraction of sp³-hybridized carbons (Fsp3) is 0.273. The van der Waals surface area contributed by atoms with Gasteiger partial charge in [0.05, 0.1) is 22.2 Å². The number of hydrogen-bond acceptors (Lipinski definition) is 4. The Balaban J connectivity index is 1.97. The highest BCUT2D eigenvalue weighted by molar-refractivity contribution is 9.10. The zero-order valence-corrected chi connectivity index (χ0v) is 18.8. The molecule has 1 atom stereocenters. The largest absolute Gasteiger partial charge is 0.496 e. The van der Waals surface area contributed by atoms with Gasteiger partial charge in [0.25, 0.3) is 5.91 Å². The van der Waals surface area contributed by atoms with Gasteiger partial charge in [-0.3, -0.25) is 9.69 Å². The van der Waals surface area contributed by atoms with E-state index >= 15 is 0 Å². The van der Waals surface area contributed by atoms with Crippen molar-refractivity contribution in [2.24, 2.45) is 4.99 Å². The summed E-state index contributed by atoms with van der Waals surface area (Å²) in [6.45, 7) is 6.18. The minimum absolute atomic E-state index is 0.00264. The summed E-state index contributed by atoms with van der Waals surface area (Å²) in [5.74, 6) is 0.757. The number of benzene rings is 2. The van der Waals surface area contributed by atoms with Gasteiger partial charge >= 0.3 is 0 Å². The average molecular weight is 459 g/mol. The van der Waals surface area contributed by atoms with Gasteiger partial charge in [-0.05, 0) is 83.9 Å². The van der Waals surface area contributed by atoms with Gasteiger partial charge in [0, 0.05) is 6.04 Å². The topological polar surface area (TPSA) is 41.9 Å². The van der Waals surface area contributed by atoms with E-state index in [-0.39, 0.29) is 11.9 Å². The average Bonchev–Trinajstić information content (AvgIpc) is 2.98. The van der Waals surface area contributed by atoms with Gasteiger partial charge in [-0.25, -0.2) is 4.99 Å². The zero-order chi connectivity index (χ0) is 20.3. The molecule has 0 saturated carbocycles. The van der Waals surface area contributed by atoms with Gasteiger partial charge in [0.15, 0.2) is 5.17 Å². The molecular weight excluding hydrogens is 436 g/mol. The third-order valence-corrected chi connectivity index (χ3v) is 6.20. The first kappa shape index (κ1) is 20.7. The Morgan fingerprint density at radius 2 is 1.96 bits per heavy atom. The van der Waals surface area contributed by atoms with Crippen LogP contribution in [0.25, 0.3) is 6.08 Å². The van der Waals surface area contributed by atoms with Crippen molar-refractivity contribution in [3.63, 3.8) is 0 Å². The van der Waals surface area contributed by atoms with Gasteiger partial charge in [-0.1, -0.05) is 30.7 Å². The molecule has 2 aromatic carbocycles. The van der Waals surface area contributed by atoms with Gasteiger partial charge in [-0.2, -0.15) is 0 Å². The molecule has 0 radical (unpaired) electrons. The summed E-state index contributed by atoms with van der Waals surface area (Å²) < 4.78 is 6.13. The van der Waals surface area contributed by atoms with E-state index in [0.29, 0.717) is 4.91 Å². The first-order valence-corrected chi connectivity index (χ1v) is 10.8. The van der Waals surface area contributed by atoms with Gasteiger partial charge < -0.3 is 4.74 Å². The van der Waals surface area contributed by atoms with Crippen LogP contribution in [0.1, 0.15) is 31.4 Å². The van der Waals surface area contributed by atoms with E-state index in [0.717, 1.165) is 33.1 Å². The normalized spacial score (nSPS) is 18.2. The van der Waals surface area contributed by atoms with Crippen LogP contribution in [-0.4, -0.2) is 29.1 Å². The molecule has 0 aliphatic carbocycles. The van der Waals surface area contributed by atoms with E-state index in [1.165, 1.54) is 17.3 Å². The Bertz CT molecular complexity index is 938. The highest BCUT2D eigenvalue weighted by atomic mass is 79.9. The lowest BCUT2D eigenvalue weighted by molar-refractivity contribution is -0.123. The number of aliphatic imine (C=N–C) groups is 1. The van der Waals surface area contributed by atoms with Gasteiger partial charge in [0.1, 0.15) is 5.75 Å². The highest BCUT2D eigenvalue weighted by Crippen LogP contribution is 2.36. The number of hydrogen-bond donors (Lipinski definition) is 0. The lowest BCUT2D eigenvalue weighted by atomic mass is 10.2. The van der Waals surface area contributed by atoms with Crippen LogP contribution in [0, 0.1) is 6.92 Å². The molecule has 6 heteroatoms. The molecule has 0 spiro atoms. The van der Waals surface area contributed by atoms with Crippen molar-refractivity contribution < 1.29 is 9.53 Å². The number of methoxy groups -OCH3 is 1. The molecule has 1 heterocycles. The van der Waals surface area contributed by atoms with E-state index in [1.807, 2.05) is 55.5 Å². The number of thioether (sulfide) groups is 1. The second kappa shape index (κ2) is 8.97. The first-order chi connectivity index (χ1) is 13.4. The molecule has 0 unspecified atom stereocenters. The van der Waals surface area contributed by atoms with Crippen molar-refractivity contribution in [1.29, 1.82) is 0 Å². The second-order valence-electron chi connectivity index (χ2n) is 6.67. The van der Waals surface area contributed by atoms with Crippen molar-refractivity contribution in [3.05, 3.63) is 63.0 Å². The number of rotatable bonds is 5. The maximum Gasteiger partial charge on any atom is 0.266 e. The smallest absolute Gasteiger partial charge is 0.266 e. The number of amidine groups is 1. The van der Waals surface area contributed by atoms with Crippen molar-refractivity contribution in [1.82, 2.24) is 4.90 Å². The Morgan fingerprint density at radius 3 is 2.57 bits per heavy atom. The van der Waals surface area contributed by atoms with E-state index < -0.39 is 0 Å². The molecule has 4 nitrogen and oxygen atoms in total. The molecule has 28 heavy (non-hydrogen) atoms. The van der Waals surface area contributed by atoms with Crippen LogP contribution in [0.2, 0.25) is 0 Å². The quantitative estimate of drug-likeness (QED) is 0.503. The van der Waals surface area contributed by atoms with Crippen LogP contribution in [-0.2, 0) is 4.79 Å². The molecule has 1 amide bonds. The molecule has 0 bridgehead atoms. The van der Waals surface area contributed by atoms with E-state index in [9.17, 15) is 4.79 Å². The molecule has 3 rings (SSSR count). The van der Waals surface area contributed by atoms with Crippen LogP contribution in [0.3, 0.4) is 0 Å². The molecule has 1 fully saturated rings. The summed E-state index contributed by atoms with van der Waals surface area (Å²) in [5, 5.41) is 0.724. The van der Waals surface area contributed by atoms with Crippen LogP contribution >= 0.6 is 27.7 Å². The first-order valence-electron chi connectivity index (χ1n) is 9.15. The SMILES string of the molecule is CC[C@H](C)N1C(=O)/C(=C\c2ccc(OC)c(Br)c2)SC1=Nc1ccc(C)cc1. The van der Waals surface area contributed by atoms with Crippen molar-refractivity contribution in [2.45, 2.75) is 33.2 Å². The van der Waals surface area contributed by atoms with E-state index in [4.69, 9.17) is 9.73 Å². The zero-order valence-electron chi connectivity index (χ0n) is 16.4. The number of carbonyl (C=O) groups is 1. The predicted octanol–water partition coefficient (Wildman–Crippen LogP) is 6.17. The number of carbonyl (C=O) groups excluding carboxylic acids is 1. The Hall–Kier alpha value is -2.05. The Labute approximate surface area is 178 Å². The Kier molecular flexibility index (Phi) is 6.62. The van der Waals surface area contributed by atoms with Gasteiger partial charge in [0.2, 0.25) is 0 Å². The third kappa shape index (κ3) is 4.50. The number of amides is 1. The maximum atomic E-state index is 13.1. The lowest BCUT2D eigenvalue weighted by Gasteiger charge is -2.22. The fourth-order valence-corrected chi connectivity index (χ4v) is 4.44. The molecular formula is C22H23BrN2O2S. The number of aryl methyl sites for hydroxylation is 1. The number of halogens is 1. The Morgan fingerprint density at radius 1 is 1.25 bits per heavy atom. The van der Waals surface area contributed by atoms with E-state index in [2.05, 4.69) is 29.8 Å². The summed E-state index contributed by atoms with van der Waals surface area (Å²) in [7, 11) is 1.63. The maximum absolute atomic E-state index is 13.1. The van der Waals surface area contributed by atoms with E-state index in [1.54, 1.807) is 12.0 Å². The summed E-state index contributed by atoms with van der Waals surface area (Å²) in [5.41, 5.74) is 2.97. The molecule has 146 valence electrons. The summed E-state index contributed by atoms with van der Waals surface area (Å²) in [6.07, 6.45) is 2.77. The molecule has 1 aliphatic rings. The second-order valence-corrected chi connectivity index (χ2v) is 8.53. The van der Waals surface area contributed by atoms with Crippen molar-refractivity contribution >= 4 is 50.5 Å². The summed E-state index contributed by atoms with van der Waals surface area (Å²) in [6, 6.07) is 13.9. The van der Waals surface area contributed by atoms with Gasteiger partial charge in [-0.15, -0.1) is 0 Å². The number of ether oxygens (including phenoxy) is 1. The monoisotopic (exact) mass is 458 g/mol. The van der Waals surface area contributed by atoms with Crippen LogP contribution in [0.4, 0.5) is 5.69 Å². The lowest BCUT2D eigenvalue weighted by Crippen LogP contribution is -2.36. The van der Waals surface area contributed by atoms with Crippen LogP contribution < -0.4 is 4.74 Å². The number of nitrogens with zero attached hydrogens (tertiary/aromatic N) is 2. The fourth-order valence-electron chi connectivity index (χ4n) is 2.79. The molecule has 1 aliphatic heterocycles. The van der Waals surface area contributed by atoms with Crippen molar-refractivity contribution in [3.8, 4) is 5.75 Å². The molecule has 0 N–H and O–H groups in total. The van der Waals surface area contributed by atoms with Crippen LogP contribution in [0.15, 0.2) is 56.8 Å². The minimum atomic E-state index is -0.00264. The summed E-state index contributed by atoms with van der Waals surface area (Å²) >= 11 is 4.92. The molecule has 0 aromatic heterocycles. The van der Waals surface area contributed by atoms with Crippen LogP contribution in [0.5, 0.6) is 5.75 Å². The van der Waals surface area contributed by atoms with Crippen molar-refractivity contribution in [2.75, 3.05) is 7.11 Å². The predicted molar refractivity (Wildman–Crippen MR) is 121 cm³/mol. The molecule has 2 aromatic rings. The minimum Gasteiger partial charge on any atom is -0.496 e. The molecule has 1 saturated heterocycles.